The highest BCUT2D eigenvalue weighted by atomic mass is 15.1. The van der Waals surface area contributed by atoms with Gasteiger partial charge in [-0.25, -0.2) is 44.9 Å². The van der Waals surface area contributed by atoms with E-state index in [0.717, 1.165) is 95.0 Å². The Morgan fingerprint density at radius 3 is 0.673 bits per heavy atom. The molecule has 12 nitrogen and oxygen atoms in total. The zero-order chi connectivity index (χ0) is 97.7. The lowest BCUT2D eigenvalue weighted by molar-refractivity contribution is 1.07. The molecule has 0 amide bonds. The smallest absolute Gasteiger partial charge is 0.164 e. The molecule has 0 aliphatic carbocycles. The molecule has 0 N–H and O–H groups in total. The summed E-state index contributed by atoms with van der Waals surface area (Å²) in [6.45, 7) is 0. The Bertz CT molecular complexity index is 9150. The number of hydrogen-bond acceptors (Lipinski definition) is 9. The molecule has 0 bridgehead atoms. The summed E-state index contributed by atoms with van der Waals surface area (Å²) in [4.78, 5) is 44.1. The summed E-state index contributed by atoms with van der Waals surface area (Å²) in [5.74, 6) is 5.87. The lowest BCUT2D eigenvalue weighted by atomic mass is 9.98. The number of benzene rings is 21. The van der Waals surface area contributed by atoms with Crippen LogP contribution in [0.15, 0.2) is 546 Å². The van der Waals surface area contributed by atoms with Gasteiger partial charge >= 0.3 is 0 Å². The van der Waals surface area contributed by atoms with E-state index in [1.54, 1.807) is 0 Å². The van der Waals surface area contributed by atoms with E-state index < -0.39 is 0 Å². The average molecular weight is 1880 g/mol. The van der Waals surface area contributed by atoms with Crippen molar-refractivity contribution >= 4 is 65.4 Å². The van der Waals surface area contributed by atoms with Gasteiger partial charge in [-0.15, -0.1) is 0 Å². The SMILES string of the molecule is c1ccc(-c2ccc(-n3c4ccccc4c4c(-c5ccc(-c6nc(-c7ccccc7)nc(-c7ccccc7)n6)cc5)cccc43)cc2)cc1.c1ccc(-c2ccc(-n3c4ccccc4c4ccc(-c5ccc(-c6nc(-c7ccccc7)nc(-c7ccccc7)n6)cc5)cc43)cc2)cc1.c1ccc(-c2ccc(-n3c4ccccc4c4cccc(-c5ccc(-c6nc(-c7ccccc7)nc(-c7ccccc7)n6)cc5)c43)cc2)cc1. The maximum atomic E-state index is 4.94. The largest absolute Gasteiger partial charge is 0.309 e. The number of hydrogen-bond donors (Lipinski definition) is 0. The average Bonchev–Trinajstić information content (AvgIpc) is 1.59. The molecule has 0 aliphatic heterocycles. The van der Waals surface area contributed by atoms with Crippen molar-refractivity contribution in [3.8, 4) is 186 Å². The lowest BCUT2D eigenvalue weighted by Gasteiger charge is -2.13. The van der Waals surface area contributed by atoms with Gasteiger partial charge in [0, 0.05) is 105 Å². The molecule has 27 aromatic rings. The topological polar surface area (TPSA) is 131 Å². The standard InChI is InChI=1S/3C45H30N4/c1-4-13-31(14-5-1)32-27-29-37(30-28-32)49-41-22-11-10-19-39(41)40-21-12-20-38(42(40)49)33-23-25-36(26-24-33)45-47-43(34-15-6-2-7-16-34)46-44(48-45)35-17-8-3-9-18-35;1-4-13-31(14-5-1)32-27-29-37(30-28-32)49-40-21-11-10-19-39(40)42-38(20-12-22-41(42)49)33-23-25-36(26-24-33)45-47-43(34-15-6-2-7-16-34)46-44(48-45)35-17-8-3-9-18-35;1-4-12-31(13-5-1)32-24-27-38(28-25-32)49-41-19-11-10-18-39(41)40-29-26-37(30-42(40)49)33-20-22-36(23-21-33)45-47-43(34-14-6-2-7-15-34)46-44(48-45)35-16-8-3-9-17-35/h3*1-30H. The summed E-state index contributed by atoms with van der Waals surface area (Å²) >= 11 is 0. The molecule has 0 atom stereocenters. The second-order valence-corrected chi connectivity index (χ2v) is 36.3. The fraction of sp³-hybridized carbons (Fsp3) is 0. The molecule has 0 fully saturated rings. The maximum absolute atomic E-state index is 4.94. The van der Waals surface area contributed by atoms with Gasteiger partial charge in [-0.3, -0.25) is 0 Å². The highest BCUT2D eigenvalue weighted by Gasteiger charge is 2.24. The van der Waals surface area contributed by atoms with Crippen LogP contribution >= 0.6 is 0 Å². The molecule has 21 aromatic carbocycles. The van der Waals surface area contributed by atoms with Crippen molar-refractivity contribution < 1.29 is 0 Å². The molecule has 0 unspecified atom stereocenters. The van der Waals surface area contributed by atoms with Gasteiger partial charge in [0.15, 0.2) is 52.4 Å². The molecule has 0 spiro atoms. The van der Waals surface area contributed by atoms with Crippen molar-refractivity contribution in [2.45, 2.75) is 0 Å². The quantitative estimate of drug-likeness (QED) is 0.0824. The first kappa shape index (κ1) is 88.5. The minimum atomic E-state index is 0.644. The van der Waals surface area contributed by atoms with Crippen LogP contribution in [-0.2, 0) is 0 Å². The molecule has 0 saturated carbocycles. The van der Waals surface area contributed by atoms with E-state index in [1.165, 1.54) is 104 Å². The number of aromatic nitrogens is 12. The summed E-state index contributed by atoms with van der Waals surface area (Å²) in [6.07, 6.45) is 0. The predicted octanol–water partition coefficient (Wildman–Crippen LogP) is 33.9. The van der Waals surface area contributed by atoms with Gasteiger partial charge < -0.3 is 13.7 Å². The zero-order valence-corrected chi connectivity index (χ0v) is 79.8. The van der Waals surface area contributed by atoms with E-state index in [4.69, 9.17) is 44.9 Å². The Kier molecular flexibility index (Phi) is 23.8. The summed E-state index contributed by atoms with van der Waals surface area (Å²) in [7, 11) is 0. The van der Waals surface area contributed by atoms with E-state index in [2.05, 4.69) is 378 Å². The van der Waals surface area contributed by atoms with Crippen LogP contribution in [0.4, 0.5) is 0 Å². The van der Waals surface area contributed by atoms with Gasteiger partial charge in [-0.05, 0) is 128 Å². The van der Waals surface area contributed by atoms with Crippen molar-refractivity contribution in [3.63, 3.8) is 0 Å². The third-order valence-electron chi connectivity index (χ3n) is 27.2. The van der Waals surface area contributed by atoms with Crippen LogP contribution in [0.25, 0.3) is 252 Å². The molecule has 690 valence electrons. The molecule has 0 aliphatic rings. The van der Waals surface area contributed by atoms with Gasteiger partial charge in [0.2, 0.25) is 0 Å². The maximum Gasteiger partial charge on any atom is 0.164 e. The van der Waals surface area contributed by atoms with E-state index >= 15 is 0 Å². The summed E-state index contributed by atoms with van der Waals surface area (Å²) in [6, 6.07) is 190. The van der Waals surface area contributed by atoms with E-state index in [9.17, 15) is 0 Å². The molecule has 27 rings (SSSR count). The lowest BCUT2D eigenvalue weighted by Crippen LogP contribution is -2.00. The molecule has 0 radical (unpaired) electrons. The van der Waals surface area contributed by atoms with Gasteiger partial charge in [-0.2, -0.15) is 0 Å². The third kappa shape index (κ3) is 17.8. The predicted molar refractivity (Wildman–Crippen MR) is 604 cm³/mol. The molecule has 6 aromatic heterocycles. The van der Waals surface area contributed by atoms with Crippen molar-refractivity contribution in [2.75, 3.05) is 0 Å². The first-order valence-electron chi connectivity index (χ1n) is 49.4. The first-order chi connectivity index (χ1) is 72.9. The summed E-state index contributed by atoms with van der Waals surface area (Å²) in [5, 5.41) is 7.38. The number of nitrogens with zero attached hydrogens (tertiary/aromatic N) is 12. The van der Waals surface area contributed by atoms with Gasteiger partial charge in [0.1, 0.15) is 0 Å². The van der Waals surface area contributed by atoms with Gasteiger partial charge in [0.05, 0.1) is 33.1 Å². The zero-order valence-electron chi connectivity index (χ0n) is 79.8. The van der Waals surface area contributed by atoms with Crippen molar-refractivity contribution in [2.24, 2.45) is 0 Å². The fourth-order valence-electron chi connectivity index (χ4n) is 20.0. The molecule has 6 heterocycles. The number of fused-ring (bicyclic) bond motifs is 9. The van der Waals surface area contributed by atoms with Crippen LogP contribution in [0.3, 0.4) is 0 Å². The van der Waals surface area contributed by atoms with Gasteiger partial charge in [0.25, 0.3) is 0 Å². The Balaban J connectivity index is 0.000000115. The van der Waals surface area contributed by atoms with Gasteiger partial charge in [-0.1, -0.05) is 479 Å². The van der Waals surface area contributed by atoms with E-state index in [1.807, 2.05) is 182 Å². The molecule has 0 saturated heterocycles. The van der Waals surface area contributed by atoms with Crippen LogP contribution < -0.4 is 0 Å². The third-order valence-corrected chi connectivity index (χ3v) is 27.2. The number of para-hydroxylation sites is 4. The Hall–Kier alpha value is -20.0. The molecule has 147 heavy (non-hydrogen) atoms. The van der Waals surface area contributed by atoms with Crippen LogP contribution in [0.2, 0.25) is 0 Å². The Labute approximate surface area is 850 Å². The van der Waals surface area contributed by atoms with Crippen LogP contribution in [0.1, 0.15) is 0 Å². The first-order valence-corrected chi connectivity index (χ1v) is 49.4. The Morgan fingerprint density at radius 1 is 0.116 bits per heavy atom. The number of rotatable bonds is 18. The second kappa shape index (κ2) is 39.6. The minimum absolute atomic E-state index is 0.644. The monoisotopic (exact) mass is 1880 g/mol. The van der Waals surface area contributed by atoms with Crippen molar-refractivity contribution in [3.05, 3.63) is 546 Å². The van der Waals surface area contributed by atoms with E-state index in [-0.39, 0.29) is 0 Å². The normalized spacial score (nSPS) is 11.3. The van der Waals surface area contributed by atoms with Crippen molar-refractivity contribution in [1.82, 2.24) is 58.6 Å². The van der Waals surface area contributed by atoms with Crippen LogP contribution in [-0.4, -0.2) is 58.6 Å². The highest BCUT2D eigenvalue weighted by molar-refractivity contribution is 6.17. The summed E-state index contributed by atoms with van der Waals surface area (Å²) in [5.41, 5.74) is 33.2. The second-order valence-electron chi connectivity index (χ2n) is 36.3. The summed E-state index contributed by atoms with van der Waals surface area (Å²) < 4.78 is 7.14. The fourth-order valence-corrected chi connectivity index (χ4v) is 20.0. The highest BCUT2D eigenvalue weighted by Crippen LogP contribution is 2.45. The molecule has 12 heteroatoms. The minimum Gasteiger partial charge on any atom is -0.309 e. The van der Waals surface area contributed by atoms with Crippen LogP contribution in [0, 0.1) is 0 Å². The van der Waals surface area contributed by atoms with E-state index in [0.29, 0.717) is 52.4 Å². The molecular formula is C135H90N12. The Morgan fingerprint density at radius 2 is 0.320 bits per heavy atom. The van der Waals surface area contributed by atoms with Crippen molar-refractivity contribution in [1.29, 1.82) is 0 Å². The van der Waals surface area contributed by atoms with Crippen LogP contribution in [0.5, 0.6) is 0 Å². The molecular weight excluding hydrogens is 1790 g/mol.